The Bertz CT molecular complexity index is 1110. The van der Waals surface area contributed by atoms with E-state index in [1.165, 1.54) is 12.1 Å². The molecule has 6 heteroatoms. The van der Waals surface area contributed by atoms with Gasteiger partial charge in [-0.3, -0.25) is 0 Å². The summed E-state index contributed by atoms with van der Waals surface area (Å²) >= 11 is 0. The minimum absolute atomic E-state index is 0.0752. The number of fused-ring (bicyclic) bond motifs is 3. The highest BCUT2D eigenvalue weighted by atomic mass is 19.1. The average Bonchev–Trinajstić information content (AvgIpc) is 3.19. The fraction of sp³-hybridized carbons (Fsp3) is 0.174. The Morgan fingerprint density at radius 3 is 2.79 bits per heavy atom. The monoisotopic (exact) mass is 390 g/mol. The van der Waals surface area contributed by atoms with Crippen LogP contribution in [0.2, 0.25) is 0 Å². The SMILES string of the molecule is COc1ccc(O)c(C2=NN3[C@H](C2)c2ccccc2O[C@H]3c2cccc(F)c2)c1. The molecule has 0 spiro atoms. The number of methoxy groups -OCH3 is 1. The first kappa shape index (κ1) is 17.6. The molecule has 0 bridgehead atoms. The van der Waals surface area contributed by atoms with Crippen molar-refractivity contribution in [3.63, 3.8) is 0 Å². The van der Waals surface area contributed by atoms with E-state index in [0.29, 0.717) is 23.3 Å². The third kappa shape index (κ3) is 2.97. The number of ether oxygens (including phenoxy) is 2. The van der Waals surface area contributed by atoms with E-state index in [2.05, 4.69) is 0 Å². The summed E-state index contributed by atoms with van der Waals surface area (Å²) in [5.41, 5.74) is 3.05. The number of nitrogens with zero attached hydrogens (tertiary/aromatic N) is 2. The van der Waals surface area contributed by atoms with Gasteiger partial charge in [-0.05, 0) is 36.4 Å². The van der Waals surface area contributed by atoms with Gasteiger partial charge >= 0.3 is 0 Å². The molecule has 0 radical (unpaired) electrons. The molecule has 0 aliphatic carbocycles. The molecule has 0 amide bonds. The van der Waals surface area contributed by atoms with Crippen LogP contribution in [-0.2, 0) is 0 Å². The Hall–Kier alpha value is -3.54. The first-order chi connectivity index (χ1) is 14.1. The Kier molecular flexibility index (Phi) is 4.12. The second-order valence-electron chi connectivity index (χ2n) is 7.09. The molecule has 0 saturated carbocycles. The molecule has 2 aliphatic heterocycles. The molecular weight excluding hydrogens is 371 g/mol. The van der Waals surface area contributed by atoms with Gasteiger partial charge in [-0.2, -0.15) is 5.10 Å². The van der Waals surface area contributed by atoms with Crippen molar-refractivity contribution in [2.75, 3.05) is 7.11 Å². The fourth-order valence-corrected chi connectivity index (χ4v) is 3.95. The summed E-state index contributed by atoms with van der Waals surface area (Å²) in [7, 11) is 1.58. The van der Waals surface area contributed by atoms with Crippen molar-refractivity contribution in [3.05, 3.63) is 89.2 Å². The van der Waals surface area contributed by atoms with Crippen molar-refractivity contribution in [3.8, 4) is 17.2 Å². The van der Waals surface area contributed by atoms with Crippen LogP contribution < -0.4 is 9.47 Å². The minimum Gasteiger partial charge on any atom is -0.507 e. The Morgan fingerprint density at radius 2 is 1.97 bits per heavy atom. The Balaban J connectivity index is 1.61. The topological polar surface area (TPSA) is 54.3 Å². The molecule has 0 aromatic heterocycles. The Labute approximate surface area is 167 Å². The summed E-state index contributed by atoms with van der Waals surface area (Å²) in [5, 5.41) is 17.0. The van der Waals surface area contributed by atoms with Gasteiger partial charge in [0.05, 0.1) is 18.9 Å². The quantitative estimate of drug-likeness (QED) is 0.699. The predicted octanol–water partition coefficient (Wildman–Crippen LogP) is 4.78. The maximum absolute atomic E-state index is 13.9. The zero-order valence-corrected chi connectivity index (χ0v) is 15.7. The highest BCUT2D eigenvalue weighted by molar-refractivity contribution is 6.04. The molecule has 0 saturated heterocycles. The van der Waals surface area contributed by atoms with E-state index in [4.69, 9.17) is 14.6 Å². The molecule has 2 aliphatic rings. The number of hydrogen-bond acceptors (Lipinski definition) is 5. The number of phenolic OH excluding ortho intramolecular Hbond substituents is 1. The standard InChI is InChI=1S/C23H19FN2O3/c1-28-16-9-10-21(27)18(12-16)19-13-20-17-7-2-3-8-22(17)29-23(26(20)25-19)14-5-4-6-15(24)11-14/h2-12,20,23,27H,13H2,1H3/t20-,23+/m1/s1. The van der Waals surface area contributed by atoms with Crippen LogP contribution in [0.3, 0.4) is 0 Å². The van der Waals surface area contributed by atoms with Crippen LogP contribution in [0.15, 0.2) is 71.8 Å². The third-order valence-electron chi connectivity index (χ3n) is 5.35. The van der Waals surface area contributed by atoms with Gasteiger partial charge in [0, 0.05) is 23.1 Å². The summed E-state index contributed by atoms with van der Waals surface area (Å²) in [5.74, 6) is 1.22. The van der Waals surface area contributed by atoms with Gasteiger partial charge in [0.25, 0.3) is 0 Å². The normalized spacial score (nSPS) is 19.8. The lowest BCUT2D eigenvalue weighted by molar-refractivity contribution is -0.0192. The molecule has 5 nitrogen and oxygen atoms in total. The summed E-state index contributed by atoms with van der Waals surface area (Å²) in [6, 6.07) is 19.2. The van der Waals surface area contributed by atoms with Crippen molar-refractivity contribution in [2.24, 2.45) is 5.10 Å². The molecular formula is C23H19FN2O3. The largest absolute Gasteiger partial charge is 0.507 e. The van der Waals surface area contributed by atoms with E-state index in [1.54, 1.807) is 31.4 Å². The number of benzene rings is 3. The zero-order valence-electron chi connectivity index (χ0n) is 15.7. The van der Waals surface area contributed by atoms with E-state index in [1.807, 2.05) is 35.3 Å². The van der Waals surface area contributed by atoms with Crippen molar-refractivity contribution in [2.45, 2.75) is 18.7 Å². The minimum atomic E-state index is -0.559. The lowest BCUT2D eigenvalue weighted by Crippen LogP contribution is -2.33. The van der Waals surface area contributed by atoms with Crippen molar-refractivity contribution < 1.29 is 19.0 Å². The van der Waals surface area contributed by atoms with Gasteiger partial charge < -0.3 is 14.6 Å². The second kappa shape index (κ2) is 6.81. The summed E-state index contributed by atoms with van der Waals surface area (Å²) in [4.78, 5) is 0. The molecule has 1 N–H and O–H groups in total. The van der Waals surface area contributed by atoms with Crippen LogP contribution in [0.25, 0.3) is 0 Å². The highest BCUT2D eigenvalue weighted by Gasteiger charge is 2.41. The molecule has 5 rings (SSSR count). The zero-order chi connectivity index (χ0) is 20.0. The number of halogens is 1. The second-order valence-corrected chi connectivity index (χ2v) is 7.09. The van der Waals surface area contributed by atoms with Gasteiger partial charge in [-0.25, -0.2) is 9.40 Å². The number of hydrogen-bond donors (Lipinski definition) is 1. The number of aromatic hydroxyl groups is 1. The third-order valence-corrected chi connectivity index (χ3v) is 5.35. The van der Waals surface area contributed by atoms with E-state index in [9.17, 15) is 9.50 Å². The van der Waals surface area contributed by atoms with Crippen molar-refractivity contribution >= 4 is 5.71 Å². The molecule has 2 atom stereocenters. The van der Waals surface area contributed by atoms with Crippen LogP contribution in [-0.4, -0.2) is 22.9 Å². The van der Waals surface area contributed by atoms with Crippen molar-refractivity contribution in [1.29, 1.82) is 0 Å². The maximum Gasteiger partial charge on any atom is 0.213 e. The van der Waals surface area contributed by atoms with Gasteiger partial charge in [0.2, 0.25) is 6.23 Å². The molecule has 146 valence electrons. The van der Waals surface area contributed by atoms with E-state index >= 15 is 0 Å². The van der Waals surface area contributed by atoms with E-state index in [0.717, 1.165) is 17.0 Å². The smallest absolute Gasteiger partial charge is 0.213 e. The maximum atomic E-state index is 13.9. The van der Waals surface area contributed by atoms with Crippen molar-refractivity contribution in [1.82, 2.24) is 5.01 Å². The number of hydrazone groups is 1. The highest BCUT2D eigenvalue weighted by Crippen LogP contribution is 2.48. The van der Waals surface area contributed by atoms with Crippen LogP contribution in [0.1, 0.15) is 35.4 Å². The van der Waals surface area contributed by atoms with E-state index < -0.39 is 6.23 Å². The first-order valence-corrected chi connectivity index (χ1v) is 9.38. The number of rotatable bonds is 3. The average molecular weight is 390 g/mol. The molecule has 0 unspecified atom stereocenters. The molecule has 3 aromatic rings. The molecule has 2 heterocycles. The van der Waals surface area contributed by atoms with Crippen LogP contribution in [0.4, 0.5) is 4.39 Å². The first-order valence-electron chi connectivity index (χ1n) is 9.38. The van der Waals surface area contributed by atoms with E-state index in [-0.39, 0.29) is 17.6 Å². The predicted molar refractivity (Wildman–Crippen MR) is 107 cm³/mol. The number of phenols is 1. The van der Waals surface area contributed by atoms with Crippen LogP contribution in [0.5, 0.6) is 17.2 Å². The lowest BCUT2D eigenvalue weighted by atomic mass is 9.95. The summed E-state index contributed by atoms with van der Waals surface area (Å²) < 4.78 is 25.4. The lowest BCUT2D eigenvalue weighted by Gasteiger charge is -2.38. The molecule has 29 heavy (non-hydrogen) atoms. The number of para-hydroxylation sites is 1. The van der Waals surface area contributed by atoms with Gasteiger partial charge in [0.1, 0.15) is 23.1 Å². The van der Waals surface area contributed by atoms with Gasteiger partial charge in [-0.15, -0.1) is 0 Å². The van der Waals surface area contributed by atoms with Gasteiger partial charge in [0.15, 0.2) is 0 Å². The fourth-order valence-electron chi connectivity index (χ4n) is 3.95. The Morgan fingerprint density at radius 1 is 1.10 bits per heavy atom. The van der Waals surface area contributed by atoms with Crippen LogP contribution in [0, 0.1) is 5.82 Å². The molecule has 0 fully saturated rings. The summed E-state index contributed by atoms with van der Waals surface area (Å²) in [6.45, 7) is 0. The van der Waals surface area contributed by atoms with Gasteiger partial charge in [-0.1, -0.05) is 30.3 Å². The van der Waals surface area contributed by atoms with Crippen LogP contribution >= 0.6 is 0 Å². The summed E-state index contributed by atoms with van der Waals surface area (Å²) in [6.07, 6.45) is 0.0308. The molecule has 3 aromatic carbocycles.